The molecule has 0 spiro atoms. The van der Waals surface area contributed by atoms with Crippen molar-refractivity contribution in [3.05, 3.63) is 59.5 Å². The van der Waals surface area contributed by atoms with E-state index in [1.807, 2.05) is 6.07 Å². The lowest BCUT2D eigenvalue weighted by Crippen LogP contribution is -2.54. The monoisotopic (exact) mass is 442 g/mol. The lowest BCUT2D eigenvalue weighted by atomic mass is 9.95. The number of benzene rings is 1. The molecule has 3 rings (SSSR count). The number of anilines is 1. The Hall–Kier alpha value is -3.49. The van der Waals surface area contributed by atoms with Crippen LogP contribution in [0.3, 0.4) is 0 Å². The quantitative estimate of drug-likeness (QED) is 0.637. The summed E-state index contributed by atoms with van der Waals surface area (Å²) in [5.74, 6) is -0.881. The number of aromatic nitrogens is 1. The predicted octanol–water partition coefficient (Wildman–Crippen LogP) is 2.98. The van der Waals surface area contributed by atoms with Gasteiger partial charge in [0, 0.05) is 30.6 Å². The van der Waals surface area contributed by atoms with Gasteiger partial charge in [-0.1, -0.05) is 24.3 Å². The number of hydrogen-bond donors (Lipinski definition) is 3. The molecule has 2 aromatic rings. The van der Waals surface area contributed by atoms with Crippen LogP contribution in [0.4, 0.5) is 15.0 Å². The largest absolute Gasteiger partial charge is 0.465 e. The van der Waals surface area contributed by atoms with Crippen LogP contribution < -0.4 is 10.6 Å². The van der Waals surface area contributed by atoms with Crippen LogP contribution in [0.1, 0.15) is 38.3 Å². The fourth-order valence-corrected chi connectivity index (χ4v) is 3.98. The summed E-state index contributed by atoms with van der Waals surface area (Å²) in [6.07, 6.45) is 0.440. The fourth-order valence-electron chi connectivity index (χ4n) is 3.98. The Kier molecular flexibility index (Phi) is 6.76. The van der Waals surface area contributed by atoms with Crippen molar-refractivity contribution in [1.29, 1.82) is 0 Å². The molecule has 1 aliphatic heterocycles. The Morgan fingerprint density at radius 2 is 2.00 bits per heavy atom. The number of fused-ring (bicyclic) bond motifs is 1. The summed E-state index contributed by atoms with van der Waals surface area (Å²) in [4.78, 5) is 42.6. The standard InChI is InChI=1S/C23H27FN4O4/c1-23(2,3)28(22(31)32)16(11-14-7-4-5-9-17(14)24)13-19(29)26-18-12-15-8-6-10-25-20(15)27-21(18)30/h4-10,16,18H,11-13H2,1-3H3,(H,26,29)(H,31,32)(H,25,27,30)/t16-,18?/m1/s1. The van der Waals surface area contributed by atoms with Crippen LogP contribution in [0, 0.1) is 5.82 Å². The van der Waals surface area contributed by atoms with Crippen molar-refractivity contribution in [2.24, 2.45) is 0 Å². The number of carboxylic acid groups (broad SMARTS) is 1. The van der Waals surface area contributed by atoms with Crippen molar-refractivity contribution >= 4 is 23.7 Å². The van der Waals surface area contributed by atoms with Gasteiger partial charge in [0.2, 0.25) is 11.8 Å². The number of hydrogen-bond acceptors (Lipinski definition) is 4. The van der Waals surface area contributed by atoms with Gasteiger partial charge >= 0.3 is 6.09 Å². The molecule has 1 aliphatic rings. The van der Waals surface area contributed by atoms with Crippen molar-refractivity contribution in [2.75, 3.05) is 5.32 Å². The SMILES string of the molecule is CC(C)(C)N(C(=O)O)[C@@H](CC(=O)NC1Cc2cccnc2NC1=O)Cc1ccccc1F. The number of nitrogens with one attached hydrogen (secondary N) is 2. The zero-order valence-electron chi connectivity index (χ0n) is 18.3. The molecule has 3 amide bonds. The van der Waals surface area contributed by atoms with Gasteiger partial charge in [-0.15, -0.1) is 0 Å². The first-order valence-electron chi connectivity index (χ1n) is 10.4. The predicted molar refractivity (Wildman–Crippen MR) is 117 cm³/mol. The normalized spacial score (nSPS) is 16.5. The Bertz CT molecular complexity index is 1020. The van der Waals surface area contributed by atoms with Crippen LogP contribution in [0.2, 0.25) is 0 Å². The summed E-state index contributed by atoms with van der Waals surface area (Å²) in [5, 5.41) is 15.2. The maximum absolute atomic E-state index is 14.3. The number of carbonyl (C=O) groups excluding carboxylic acids is 2. The van der Waals surface area contributed by atoms with E-state index in [0.29, 0.717) is 11.4 Å². The minimum atomic E-state index is -1.21. The third-order valence-corrected chi connectivity index (χ3v) is 5.34. The number of halogens is 1. The van der Waals surface area contributed by atoms with Crippen LogP contribution in [-0.4, -0.2) is 50.5 Å². The van der Waals surface area contributed by atoms with Crippen LogP contribution in [0.25, 0.3) is 0 Å². The van der Waals surface area contributed by atoms with Crippen molar-refractivity contribution in [2.45, 2.75) is 57.7 Å². The molecule has 0 aliphatic carbocycles. The Morgan fingerprint density at radius 3 is 2.66 bits per heavy atom. The van der Waals surface area contributed by atoms with Crippen LogP contribution in [0.5, 0.6) is 0 Å². The second-order valence-corrected chi connectivity index (χ2v) is 8.80. The van der Waals surface area contributed by atoms with E-state index in [0.717, 1.165) is 5.56 Å². The molecule has 0 fully saturated rings. The van der Waals surface area contributed by atoms with E-state index in [-0.39, 0.29) is 25.2 Å². The zero-order valence-corrected chi connectivity index (χ0v) is 18.3. The lowest BCUT2D eigenvalue weighted by Gasteiger charge is -2.39. The van der Waals surface area contributed by atoms with Gasteiger partial charge in [-0.05, 0) is 50.5 Å². The van der Waals surface area contributed by atoms with Crippen molar-refractivity contribution < 1.29 is 23.9 Å². The highest BCUT2D eigenvalue weighted by atomic mass is 19.1. The summed E-state index contributed by atoms with van der Waals surface area (Å²) < 4.78 is 14.3. The first-order chi connectivity index (χ1) is 15.1. The number of amides is 3. The number of rotatable bonds is 6. The number of nitrogens with zero attached hydrogens (tertiary/aromatic N) is 2. The molecule has 32 heavy (non-hydrogen) atoms. The summed E-state index contributed by atoms with van der Waals surface area (Å²) in [7, 11) is 0. The lowest BCUT2D eigenvalue weighted by molar-refractivity contribution is -0.127. The molecule has 2 atom stereocenters. The molecular weight excluding hydrogens is 415 g/mol. The third-order valence-electron chi connectivity index (χ3n) is 5.34. The topological polar surface area (TPSA) is 112 Å². The second-order valence-electron chi connectivity index (χ2n) is 8.80. The maximum Gasteiger partial charge on any atom is 0.408 e. The van der Waals surface area contributed by atoms with Gasteiger partial charge in [-0.25, -0.2) is 14.2 Å². The maximum atomic E-state index is 14.3. The second kappa shape index (κ2) is 9.33. The summed E-state index contributed by atoms with van der Waals surface area (Å²) in [6.45, 7) is 5.14. The molecule has 1 aromatic heterocycles. The van der Waals surface area contributed by atoms with Gasteiger partial charge in [-0.2, -0.15) is 0 Å². The van der Waals surface area contributed by atoms with Crippen molar-refractivity contribution in [1.82, 2.24) is 15.2 Å². The molecule has 0 saturated heterocycles. The highest BCUT2D eigenvalue weighted by Crippen LogP contribution is 2.24. The molecule has 1 unspecified atom stereocenters. The molecule has 2 heterocycles. The van der Waals surface area contributed by atoms with Crippen LogP contribution >= 0.6 is 0 Å². The first kappa shape index (κ1) is 23.2. The molecule has 3 N–H and O–H groups in total. The molecular formula is C23H27FN4O4. The smallest absolute Gasteiger partial charge is 0.408 e. The summed E-state index contributed by atoms with van der Waals surface area (Å²) in [6, 6.07) is 8.00. The van der Waals surface area contributed by atoms with Gasteiger partial charge < -0.3 is 15.7 Å². The van der Waals surface area contributed by atoms with Crippen molar-refractivity contribution in [3.8, 4) is 0 Å². The fraction of sp³-hybridized carbons (Fsp3) is 0.391. The Balaban J connectivity index is 1.79. The first-order valence-corrected chi connectivity index (χ1v) is 10.4. The Morgan fingerprint density at radius 1 is 1.28 bits per heavy atom. The number of carbonyl (C=O) groups is 3. The van der Waals surface area contributed by atoms with Crippen molar-refractivity contribution in [3.63, 3.8) is 0 Å². The van der Waals surface area contributed by atoms with E-state index >= 15 is 0 Å². The average molecular weight is 442 g/mol. The molecule has 0 saturated carbocycles. The highest BCUT2D eigenvalue weighted by molar-refractivity contribution is 5.99. The highest BCUT2D eigenvalue weighted by Gasteiger charge is 2.36. The van der Waals surface area contributed by atoms with Crippen LogP contribution in [-0.2, 0) is 22.4 Å². The van der Waals surface area contributed by atoms with E-state index in [1.54, 1.807) is 51.2 Å². The Labute approximate surface area is 185 Å². The van der Waals surface area contributed by atoms with Gasteiger partial charge in [0.1, 0.15) is 17.7 Å². The zero-order chi connectivity index (χ0) is 23.5. The molecule has 1 aromatic carbocycles. The molecule has 8 nitrogen and oxygen atoms in total. The van der Waals surface area contributed by atoms with E-state index in [4.69, 9.17) is 0 Å². The van der Waals surface area contributed by atoms with E-state index in [9.17, 15) is 23.9 Å². The van der Waals surface area contributed by atoms with E-state index < -0.39 is 35.4 Å². The van der Waals surface area contributed by atoms with Gasteiger partial charge in [0.15, 0.2) is 0 Å². The molecule has 170 valence electrons. The summed E-state index contributed by atoms with van der Waals surface area (Å²) >= 11 is 0. The van der Waals surface area contributed by atoms with Gasteiger partial charge in [0.25, 0.3) is 0 Å². The average Bonchev–Trinajstić information content (AvgIpc) is 2.69. The van der Waals surface area contributed by atoms with E-state index in [1.165, 1.54) is 11.0 Å². The van der Waals surface area contributed by atoms with Gasteiger partial charge in [-0.3, -0.25) is 14.5 Å². The van der Waals surface area contributed by atoms with Gasteiger partial charge in [0.05, 0.1) is 0 Å². The molecule has 0 bridgehead atoms. The molecule has 0 radical (unpaired) electrons. The number of pyridine rings is 1. The molecule has 9 heteroatoms. The van der Waals surface area contributed by atoms with Crippen LogP contribution in [0.15, 0.2) is 42.6 Å². The summed E-state index contributed by atoms with van der Waals surface area (Å²) in [5.41, 5.74) is 0.285. The minimum absolute atomic E-state index is 0.0211. The minimum Gasteiger partial charge on any atom is -0.465 e. The third kappa shape index (κ3) is 5.40. The van der Waals surface area contributed by atoms with E-state index in [2.05, 4.69) is 15.6 Å².